The molecular weight excluding hydrogens is 236 g/mol. The van der Waals surface area contributed by atoms with Crippen LogP contribution >= 0.6 is 0 Å². The summed E-state index contributed by atoms with van der Waals surface area (Å²) < 4.78 is 5.40. The van der Waals surface area contributed by atoms with Crippen LogP contribution in [0.2, 0.25) is 0 Å². The number of hydrogen-bond donors (Lipinski definition) is 1. The number of nitrogens with one attached hydrogen (secondary N) is 1. The van der Waals surface area contributed by atoms with Gasteiger partial charge in [0, 0.05) is 32.4 Å². The number of benzene rings is 1. The molecule has 0 fully saturated rings. The van der Waals surface area contributed by atoms with Crippen LogP contribution in [-0.4, -0.2) is 33.4 Å². The lowest BCUT2D eigenvalue weighted by Crippen LogP contribution is -2.23. The molecule has 1 aromatic rings. The first-order chi connectivity index (χ1) is 9.19. The zero-order valence-corrected chi connectivity index (χ0v) is 12.8. The molecule has 3 nitrogen and oxygen atoms in total. The van der Waals surface area contributed by atoms with Crippen molar-refractivity contribution in [2.45, 2.75) is 33.7 Å². The van der Waals surface area contributed by atoms with Crippen molar-refractivity contribution in [2.75, 3.05) is 38.3 Å². The van der Waals surface area contributed by atoms with Crippen LogP contribution in [0.4, 0.5) is 5.69 Å². The molecule has 19 heavy (non-hydrogen) atoms. The molecule has 0 amide bonds. The largest absolute Gasteiger partial charge is 0.380 e. The molecule has 0 radical (unpaired) electrons. The van der Waals surface area contributed by atoms with Crippen molar-refractivity contribution in [1.82, 2.24) is 5.32 Å². The van der Waals surface area contributed by atoms with Crippen molar-refractivity contribution in [3.05, 3.63) is 29.3 Å². The quantitative estimate of drug-likeness (QED) is 0.694. The molecule has 0 heterocycles. The van der Waals surface area contributed by atoms with E-state index in [1.54, 1.807) is 0 Å². The highest BCUT2D eigenvalue weighted by atomic mass is 16.5. The highest BCUT2D eigenvalue weighted by Gasteiger charge is 2.05. The van der Waals surface area contributed by atoms with Gasteiger partial charge in [-0.05, 0) is 44.0 Å². The molecule has 0 aliphatic rings. The van der Waals surface area contributed by atoms with E-state index in [1.165, 1.54) is 23.2 Å². The number of anilines is 1. The van der Waals surface area contributed by atoms with Gasteiger partial charge in [0.25, 0.3) is 0 Å². The summed E-state index contributed by atoms with van der Waals surface area (Å²) in [6.45, 7) is 10.9. The van der Waals surface area contributed by atoms with Crippen LogP contribution in [0.5, 0.6) is 0 Å². The molecule has 0 unspecified atom stereocenters. The van der Waals surface area contributed by atoms with Gasteiger partial charge in [0.05, 0.1) is 6.61 Å². The van der Waals surface area contributed by atoms with Crippen LogP contribution in [0.15, 0.2) is 18.2 Å². The second-order valence-electron chi connectivity index (χ2n) is 4.92. The number of nitrogens with zero attached hydrogens (tertiary/aromatic N) is 1. The molecule has 3 heteroatoms. The van der Waals surface area contributed by atoms with E-state index in [0.29, 0.717) is 0 Å². The number of rotatable bonds is 9. The van der Waals surface area contributed by atoms with Gasteiger partial charge in [-0.15, -0.1) is 0 Å². The first-order valence-corrected chi connectivity index (χ1v) is 7.28. The molecule has 0 spiro atoms. The van der Waals surface area contributed by atoms with Gasteiger partial charge in [0.2, 0.25) is 0 Å². The average molecular weight is 264 g/mol. The zero-order chi connectivity index (χ0) is 14.1. The Balaban J connectivity index is 2.55. The lowest BCUT2D eigenvalue weighted by atomic mass is 10.1. The molecule has 0 saturated carbocycles. The van der Waals surface area contributed by atoms with E-state index in [4.69, 9.17) is 4.74 Å². The topological polar surface area (TPSA) is 24.5 Å². The summed E-state index contributed by atoms with van der Waals surface area (Å²) in [6, 6.07) is 6.70. The Morgan fingerprint density at radius 2 is 2.05 bits per heavy atom. The molecule has 1 aromatic carbocycles. The third kappa shape index (κ3) is 5.62. The second kappa shape index (κ2) is 8.94. The third-order valence-electron chi connectivity index (χ3n) is 3.20. The van der Waals surface area contributed by atoms with Crippen LogP contribution in [0.3, 0.4) is 0 Å². The molecule has 0 aliphatic carbocycles. The first kappa shape index (κ1) is 16.0. The van der Waals surface area contributed by atoms with Crippen LogP contribution in [0, 0.1) is 6.92 Å². The van der Waals surface area contributed by atoms with E-state index in [1.807, 2.05) is 6.92 Å². The van der Waals surface area contributed by atoms with Gasteiger partial charge in [0.15, 0.2) is 0 Å². The van der Waals surface area contributed by atoms with Gasteiger partial charge in [0.1, 0.15) is 0 Å². The maximum atomic E-state index is 5.40. The molecule has 0 aromatic heterocycles. The average Bonchev–Trinajstić information content (AvgIpc) is 2.39. The Hall–Kier alpha value is -1.06. The monoisotopic (exact) mass is 264 g/mol. The van der Waals surface area contributed by atoms with Gasteiger partial charge < -0.3 is 15.0 Å². The normalized spacial score (nSPS) is 10.7. The van der Waals surface area contributed by atoms with Crippen molar-refractivity contribution >= 4 is 5.69 Å². The predicted molar refractivity (Wildman–Crippen MR) is 82.9 cm³/mol. The van der Waals surface area contributed by atoms with Crippen LogP contribution < -0.4 is 10.2 Å². The Morgan fingerprint density at radius 3 is 2.68 bits per heavy atom. The second-order valence-corrected chi connectivity index (χ2v) is 4.92. The first-order valence-electron chi connectivity index (χ1n) is 7.28. The van der Waals surface area contributed by atoms with E-state index < -0.39 is 0 Å². The van der Waals surface area contributed by atoms with E-state index in [0.717, 1.165) is 32.8 Å². The number of hydrogen-bond acceptors (Lipinski definition) is 3. The van der Waals surface area contributed by atoms with Crippen molar-refractivity contribution in [3.8, 4) is 0 Å². The fourth-order valence-electron chi connectivity index (χ4n) is 2.13. The molecule has 0 aliphatic heterocycles. The summed E-state index contributed by atoms with van der Waals surface area (Å²) in [5, 5.41) is 3.44. The standard InChI is InChI=1S/C16H28N2O/c1-5-9-17-13-15-7-8-16(14(3)12-15)18(4)10-11-19-6-2/h7-8,12,17H,5-6,9-11,13H2,1-4H3. The van der Waals surface area contributed by atoms with Crippen molar-refractivity contribution in [3.63, 3.8) is 0 Å². The SMILES string of the molecule is CCCNCc1ccc(N(C)CCOCC)c(C)c1. The van der Waals surface area contributed by atoms with E-state index in [9.17, 15) is 0 Å². The Morgan fingerprint density at radius 1 is 1.26 bits per heavy atom. The van der Waals surface area contributed by atoms with Crippen molar-refractivity contribution in [2.24, 2.45) is 0 Å². The molecule has 0 bridgehead atoms. The number of likely N-dealkylation sites (N-methyl/N-ethyl adjacent to an activating group) is 1. The minimum absolute atomic E-state index is 0.784. The van der Waals surface area contributed by atoms with Crippen molar-refractivity contribution < 1.29 is 4.74 Å². The Kier molecular flexibility index (Phi) is 7.53. The van der Waals surface area contributed by atoms with Gasteiger partial charge >= 0.3 is 0 Å². The van der Waals surface area contributed by atoms with Gasteiger partial charge in [-0.2, -0.15) is 0 Å². The molecule has 0 saturated heterocycles. The summed E-state index contributed by atoms with van der Waals surface area (Å²) in [6.07, 6.45) is 1.18. The molecule has 0 atom stereocenters. The predicted octanol–water partition coefficient (Wildman–Crippen LogP) is 2.97. The van der Waals surface area contributed by atoms with Crippen LogP contribution in [0.1, 0.15) is 31.4 Å². The number of ether oxygens (including phenoxy) is 1. The van der Waals surface area contributed by atoms with Crippen LogP contribution in [0.25, 0.3) is 0 Å². The molecule has 1 rings (SSSR count). The maximum absolute atomic E-state index is 5.40. The smallest absolute Gasteiger partial charge is 0.0641 e. The highest BCUT2D eigenvalue weighted by Crippen LogP contribution is 2.20. The summed E-state index contributed by atoms with van der Waals surface area (Å²) in [5.74, 6) is 0. The van der Waals surface area contributed by atoms with Crippen molar-refractivity contribution in [1.29, 1.82) is 0 Å². The highest BCUT2D eigenvalue weighted by molar-refractivity contribution is 5.53. The van der Waals surface area contributed by atoms with Gasteiger partial charge in [-0.25, -0.2) is 0 Å². The lowest BCUT2D eigenvalue weighted by Gasteiger charge is -2.22. The summed E-state index contributed by atoms with van der Waals surface area (Å²) in [4.78, 5) is 2.26. The minimum atomic E-state index is 0.784. The Bertz CT molecular complexity index is 366. The maximum Gasteiger partial charge on any atom is 0.0641 e. The lowest BCUT2D eigenvalue weighted by molar-refractivity contribution is 0.154. The fourth-order valence-corrected chi connectivity index (χ4v) is 2.13. The summed E-state index contributed by atoms with van der Waals surface area (Å²) in [7, 11) is 2.12. The molecular formula is C16H28N2O. The summed E-state index contributed by atoms with van der Waals surface area (Å²) in [5.41, 5.74) is 3.97. The van der Waals surface area contributed by atoms with E-state index in [-0.39, 0.29) is 0 Å². The minimum Gasteiger partial charge on any atom is -0.380 e. The van der Waals surface area contributed by atoms with Gasteiger partial charge in [-0.3, -0.25) is 0 Å². The summed E-state index contributed by atoms with van der Waals surface area (Å²) >= 11 is 0. The van der Waals surface area contributed by atoms with Crippen LogP contribution in [-0.2, 0) is 11.3 Å². The third-order valence-corrected chi connectivity index (χ3v) is 3.20. The van der Waals surface area contributed by atoms with E-state index in [2.05, 4.69) is 49.3 Å². The van der Waals surface area contributed by atoms with E-state index >= 15 is 0 Å². The molecule has 1 N–H and O–H groups in total. The fraction of sp³-hybridized carbons (Fsp3) is 0.625. The van der Waals surface area contributed by atoms with Gasteiger partial charge in [-0.1, -0.05) is 19.1 Å². The molecule has 108 valence electrons. The zero-order valence-electron chi connectivity index (χ0n) is 12.8. The number of aryl methyl sites for hydroxylation is 1. The Labute approximate surface area is 118 Å².